The van der Waals surface area contributed by atoms with Gasteiger partial charge in [-0.15, -0.1) is 0 Å². The molecule has 0 saturated heterocycles. The smallest absolute Gasteiger partial charge is 0.324 e. The van der Waals surface area contributed by atoms with Crippen molar-refractivity contribution in [3.8, 4) is 22.9 Å². The number of rotatable bonds is 6. The van der Waals surface area contributed by atoms with Crippen LogP contribution in [0.25, 0.3) is 22.9 Å². The van der Waals surface area contributed by atoms with Gasteiger partial charge in [0, 0.05) is 23.5 Å². The molecule has 0 aliphatic heterocycles. The van der Waals surface area contributed by atoms with Crippen LogP contribution in [0.1, 0.15) is 5.56 Å². The predicted molar refractivity (Wildman–Crippen MR) is 123 cm³/mol. The molecule has 0 spiro atoms. The average molecular weight is 455 g/mol. The van der Waals surface area contributed by atoms with Crippen LogP contribution in [-0.4, -0.2) is 30.9 Å². The zero-order valence-corrected chi connectivity index (χ0v) is 17.7. The van der Waals surface area contributed by atoms with Crippen molar-refractivity contribution in [2.24, 2.45) is 0 Å². The number of aromatic nitrogens is 5. The lowest BCUT2D eigenvalue weighted by molar-refractivity contribution is 0.262. The second-order valence-electron chi connectivity index (χ2n) is 7.26. The predicted octanol–water partition coefficient (Wildman–Crippen LogP) is 4.83. The number of carbonyl (C=O) groups is 1. The van der Waals surface area contributed by atoms with Crippen LogP contribution in [0.5, 0.6) is 0 Å². The molecule has 3 heterocycles. The Morgan fingerprint density at radius 2 is 1.79 bits per heavy atom. The van der Waals surface area contributed by atoms with E-state index in [1.165, 1.54) is 18.5 Å². The van der Waals surface area contributed by atoms with E-state index in [1.807, 2.05) is 18.2 Å². The Kier molecular flexibility index (Phi) is 5.76. The number of hydrogen-bond donors (Lipinski definition) is 2. The maximum Gasteiger partial charge on any atom is 0.324 e. The summed E-state index contributed by atoms with van der Waals surface area (Å²) in [5.41, 5.74) is 2.69. The summed E-state index contributed by atoms with van der Waals surface area (Å²) in [5, 5.41) is 14.0. The van der Waals surface area contributed by atoms with Crippen LogP contribution in [0.15, 0.2) is 89.8 Å². The molecule has 0 aliphatic carbocycles. The van der Waals surface area contributed by atoms with Crippen LogP contribution in [0.2, 0.25) is 0 Å². The maximum atomic E-state index is 14.3. The lowest BCUT2D eigenvalue weighted by atomic mass is 10.2. The van der Waals surface area contributed by atoms with Gasteiger partial charge in [0.25, 0.3) is 0 Å². The molecular formula is C24H18FN7O2. The van der Waals surface area contributed by atoms with Crippen molar-refractivity contribution in [2.75, 3.05) is 10.6 Å². The largest absolute Gasteiger partial charge is 0.364 e. The summed E-state index contributed by atoms with van der Waals surface area (Å²) >= 11 is 0. The molecule has 3 aromatic heterocycles. The highest BCUT2D eigenvalue weighted by atomic mass is 19.1. The van der Waals surface area contributed by atoms with Crippen molar-refractivity contribution in [1.82, 2.24) is 24.9 Å². The maximum absolute atomic E-state index is 14.3. The first-order chi connectivity index (χ1) is 16.7. The van der Waals surface area contributed by atoms with Gasteiger partial charge in [0.2, 0.25) is 0 Å². The van der Waals surface area contributed by atoms with Gasteiger partial charge in [-0.3, -0.25) is 10.00 Å². The molecule has 9 nitrogen and oxygen atoms in total. The summed E-state index contributed by atoms with van der Waals surface area (Å²) in [6, 6.07) is 20.1. The highest BCUT2D eigenvalue weighted by molar-refractivity contribution is 5.99. The second kappa shape index (κ2) is 9.33. The molecule has 0 bridgehead atoms. The van der Waals surface area contributed by atoms with E-state index in [1.54, 1.807) is 53.2 Å². The molecule has 5 aromatic rings. The van der Waals surface area contributed by atoms with E-state index in [0.29, 0.717) is 34.2 Å². The summed E-state index contributed by atoms with van der Waals surface area (Å²) in [7, 11) is 0. The van der Waals surface area contributed by atoms with Gasteiger partial charge >= 0.3 is 6.03 Å². The van der Waals surface area contributed by atoms with Crippen molar-refractivity contribution >= 4 is 17.5 Å². The summed E-state index contributed by atoms with van der Waals surface area (Å²) < 4.78 is 20.8. The molecule has 2 amide bonds. The van der Waals surface area contributed by atoms with Gasteiger partial charge in [0.15, 0.2) is 5.82 Å². The minimum absolute atomic E-state index is 0.173. The number of halogens is 1. The number of nitrogens with one attached hydrogen (secondary N) is 2. The summed E-state index contributed by atoms with van der Waals surface area (Å²) in [5.74, 6) is 0.247. The van der Waals surface area contributed by atoms with Crippen molar-refractivity contribution < 1.29 is 13.7 Å². The third-order valence-electron chi connectivity index (χ3n) is 4.92. The van der Waals surface area contributed by atoms with E-state index in [0.717, 1.165) is 0 Å². The van der Waals surface area contributed by atoms with Gasteiger partial charge in [-0.2, -0.15) is 5.10 Å². The highest BCUT2D eigenvalue weighted by Crippen LogP contribution is 2.25. The third kappa shape index (κ3) is 4.65. The van der Waals surface area contributed by atoms with Crippen molar-refractivity contribution in [2.45, 2.75) is 6.54 Å². The molecule has 0 saturated carbocycles. The first-order valence-corrected chi connectivity index (χ1v) is 10.3. The average Bonchev–Trinajstić information content (AvgIpc) is 3.51. The zero-order valence-electron chi connectivity index (χ0n) is 17.7. The van der Waals surface area contributed by atoms with Crippen LogP contribution >= 0.6 is 0 Å². The molecule has 10 heteroatoms. The Balaban J connectivity index is 1.42. The summed E-state index contributed by atoms with van der Waals surface area (Å²) in [6.07, 6.45) is 2.97. The van der Waals surface area contributed by atoms with Crippen molar-refractivity contribution in [3.05, 3.63) is 96.6 Å². The zero-order chi connectivity index (χ0) is 23.3. The Morgan fingerprint density at radius 1 is 0.971 bits per heavy atom. The number of carbonyl (C=O) groups excluding carboxylic acids is 1. The number of nitrogens with zero attached hydrogens (tertiary/aromatic N) is 5. The van der Waals surface area contributed by atoms with E-state index >= 15 is 0 Å². The number of amides is 2. The minimum Gasteiger partial charge on any atom is -0.364 e. The second-order valence-corrected chi connectivity index (χ2v) is 7.26. The van der Waals surface area contributed by atoms with Gasteiger partial charge in [-0.05, 0) is 30.3 Å². The van der Waals surface area contributed by atoms with E-state index in [9.17, 15) is 9.18 Å². The molecule has 34 heavy (non-hydrogen) atoms. The van der Waals surface area contributed by atoms with E-state index < -0.39 is 6.03 Å². The van der Waals surface area contributed by atoms with Crippen LogP contribution in [0, 0.1) is 5.82 Å². The van der Waals surface area contributed by atoms with Gasteiger partial charge in [-0.1, -0.05) is 41.6 Å². The lowest BCUT2D eigenvalue weighted by Gasteiger charge is -2.07. The number of hydrogen-bond acceptors (Lipinski definition) is 6. The minimum atomic E-state index is -0.441. The molecule has 0 atom stereocenters. The van der Waals surface area contributed by atoms with Crippen molar-refractivity contribution in [3.63, 3.8) is 0 Å². The standard InChI is InChI=1S/C24H18FN7O2/c25-18-9-5-4-6-16(18)15-32-21(19-11-13-34-31-19)14-20(30-32)23-26-12-10-22(28-23)29-24(33)27-17-7-2-1-3-8-17/h1-14H,15H2,(H2,26,27,28,29,33). The fraction of sp³-hybridized carbons (Fsp3) is 0.0417. The van der Waals surface area contributed by atoms with E-state index in [-0.39, 0.29) is 18.2 Å². The van der Waals surface area contributed by atoms with Crippen molar-refractivity contribution in [1.29, 1.82) is 0 Å². The van der Waals surface area contributed by atoms with E-state index in [4.69, 9.17) is 4.52 Å². The topological polar surface area (TPSA) is 111 Å². The van der Waals surface area contributed by atoms with Gasteiger partial charge in [0.05, 0.1) is 12.2 Å². The number of anilines is 2. The Labute approximate surface area is 193 Å². The molecule has 0 aliphatic rings. The van der Waals surface area contributed by atoms with Gasteiger partial charge in [-0.25, -0.2) is 19.2 Å². The molecule has 2 N–H and O–H groups in total. The fourth-order valence-electron chi connectivity index (χ4n) is 3.34. The number of para-hydroxylation sites is 1. The fourth-order valence-corrected chi connectivity index (χ4v) is 3.34. The lowest BCUT2D eigenvalue weighted by Crippen LogP contribution is -2.20. The monoisotopic (exact) mass is 455 g/mol. The first kappa shape index (κ1) is 21.0. The molecule has 0 fully saturated rings. The Hall–Kier alpha value is -4.86. The summed E-state index contributed by atoms with van der Waals surface area (Å²) in [4.78, 5) is 21.0. The molecule has 168 valence electrons. The summed E-state index contributed by atoms with van der Waals surface area (Å²) in [6.45, 7) is 0.173. The molecule has 5 rings (SSSR count). The first-order valence-electron chi connectivity index (χ1n) is 10.3. The van der Waals surface area contributed by atoms with Gasteiger partial charge < -0.3 is 9.84 Å². The van der Waals surface area contributed by atoms with Crippen LogP contribution in [-0.2, 0) is 6.54 Å². The van der Waals surface area contributed by atoms with Crippen LogP contribution in [0.4, 0.5) is 20.7 Å². The van der Waals surface area contributed by atoms with Crippen LogP contribution < -0.4 is 10.6 Å². The molecule has 2 aromatic carbocycles. The van der Waals surface area contributed by atoms with Crippen LogP contribution in [0.3, 0.4) is 0 Å². The molecule has 0 radical (unpaired) electrons. The highest BCUT2D eigenvalue weighted by Gasteiger charge is 2.17. The third-order valence-corrected chi connectivity index (χ3v) is 4.92. The normalized spacial score (nSPS) is 10.7. The van der Waals surface area contributed by atoms with E-state index in [2.05, 4.69) is 30.9 Å². The quantitative estimate of drug-likeness (QED) is 0.380. The number of urea groups is 1. The Bertz CT molecular complexity index is 1420. The Morgan fingerprint density at radius 3 is 2.59 bits per heavy atom. The number of benzene rings is 2. The van der Waals surface area contributed by atoms with Gasteiger partial charge in [0.1, 0.15) is 29.3 Å². The molecule has 0 unspecified atom stereocenters. The molecular weight excluding hydrogens is 437 g/mol. The SMILES string of the molecule is O=C(Nc1ccccc1)Nc1ccnc(-c2cc(-c3ccon3)n(Cc3ccccc3F)n2)n1.